The summed E-state index contributed by atoms with van der Waals surface area (Å²) in [4.78, 5) is 9.72. The fraction of sp³-hybridized carbons (Fsp3) is 0. The van der Waals surface area contributed by atoms with Crippen molar-refractivity contribution in [2.75, 3.05) is 9.44 Å². The summed E-state index contributed by atoms with van der Waals surface area (Å²) in [7, 11) is -7.94. The second kappa shape index (κ2) is 8.08. The Hall–Kier alpha value is -3.51. The van der Waals surface area contributed by atoms with Crippen molar-refractivity contribution in [1.82, 2.24) is 0 Å². The fourth-order valence-corrected chi connectivity index (χ4v) is 4.51. The average molecular weight is 451 g/mol. The van der Waals surface area contributed by atoms with Crippen molar-refractivity contribution >= 4 is 37.1 Å². The van der Waals surface area contributed by atoms with Gasteiger partial charge in [0.2, 0.25) is 0 Å². The van der Waals surface area contributed by atoms with Crippen LogP contribution in [0.25, 0.3) is 0 Å². The predicted octanol–water partition coefficient (Wildman–Crippen LogP) is 3.34. The third kappa shape index (κ3) is 4.90. The zero-order valence-electron chi connectivity index (χ0n) is 15.0. The number of nitrogens with zero attached hydrogens (tertiary/aromatic N) is 1. The molecule has 156 valence electrons. The van der Waals surface area contributed by atoms with Crippen LogP contribution in [0.2, 0.25) is 0 Å². The molecule has 12 heteroatoms. The Kier molecular flexibility index (Phi) is 5.71. The highest BCUT2D eigenvalue weighted by Gasteiger charge is 2.17. The number of benzene rings is 3. The van der Waals surface area contributed by atoms with Crippen molar-refractivity contribution in [2.24, 2.45) is 0 Å². The van der Waals surface area contributed by atoms with Crippen molar-refractivity contribution in [2.45, 2.75) is 9.79 Å². The molecule has 3 aromatic carbocycles. The van der Waals surface area contributed by atoms with E-state index in [0.29, 0.717) is 0 Å². The Morgan fingerprint density at radius 1 is 0.667 bits per heavy atom. The van der Waals surface area contributed by atoms with Gasteiger partial charge in [-0.25, -0.2) is 21.2 Å². The van der Waals surface area contributed by atoms with E-state index in [9.17, 15) is 31.3 Å². The highest BCUT2D eigenvalue weighted by atomic mass is 32.2. The van der Waals surface area contributed by atoms with Crippen molar-refractivity contribution in [3.05, 3.63) is 88.7 Å². The molecule has 0 bridgehead atoms. The van der Waals surface area contributed by atoms with E-state index >= 15 is 0 Å². The highest BCUT2D eigenvalue weighted by molar-refractivity contribution is 7.93. The summed E-state index contributed by atoms with van der Waals surface area (Å²) in [6.45, 7) is 0. The van der Waals surface area contributed by atoms with Gasteiger partial charge in [0.05, 0.1) is 14.7 Å². The number of sulfonamides is 2. The second-order valence-electron chi connectivity index (χ2n) is 5.99. The summed E-state index contributed by atoms with van der Waals surface area (Å²) in [5.74, 6) is -0.571. The van der Waals surface area contributed by atoms with Crippen LogP contribution in [0.4, 0.5) is 21.5 Å². The number of nitro groups is 1. The number of hydrogen-bond donors (Lipinski definition) is 2. The Morgan fingerprint density at radius 3 is 1.40 bits per heavy atom. The van der Waals surface area contributed by atoms with Gasteiger partial charge in [0.15, 0.2) is 0 Å². The number of rotatable bonds is 7. The molecule has 0 aliphatic carbocycles. The van der Waals surface area contributed by atoms with Crippen LogP contribution in [0.5, 0.6) is 0 Å². The molecule has 0 spiro atoms. The van der Waals surface area contributed by atoms with Gasteiger partial charge in [-0.1, -0.05) is 0 Å². The van der Waals surface area contributed by atoms with Crippen LogP contribution in [0.15, 0.2) is 82.6 Å². The first-order valence-electron chi connectivity index (χ1n) is 8.23. The minimum absolute atomic E-state index is 0.133. The van der Waals surface area contributed by atoms with Crippen LogP contribution >= 0.6 is 0 Å². The zero-order chi connectivity index (χ0) is 21.9. The minimum atomic E-state index is -4.00. The number of nitrogens with one attached hydrogen (secondary N) is 2. The Balaban J connectivity index is 1.73. The maximum Gasteiger partial charge on any atom is 0.269 e. The van der Waals surface area contributed by atoms with Gasteiger partial charge in [0.1, 0.15) is 5.82 Å². The Labute approximate surface area is 171 Å². The number of hydrogen-bond acceptors (Lipinski definition) is 6. The van der Waals surface area contributed by atoms with Gasteiger partial charge >= 0.3 is 0 Å². The van der Waals surface area contributed by atoms with Crippen LogP contribution in [0.1, 0.15) is 0 Å². The first-order chi connectivity index (χ1) is 14.1. The predicted molar refractivity (Wildman–Crippen MR) is 108 cm³/mol. The van der Waals surface area contributed by atoms with Crippen LogP contribution in [-0.2, 0) is 20.0 Å². The van der Waals surface area contributed by atoms with Crippen molar-refractivity contribution in [3.63, 3.8) is 0 Å². The molecule has 0 aliphatic heterocycles. The fourth-order valence-electron chi connectivity index (χ4n) is 2.40. The molecular formula is C18H14FN3O6S2. The van der Waals surface area contributed by atoms with Gasteiger partial charge in [0, 0.05) is 23.5 Å². The monoisotopic (exact) mass is 451 g/mol. The summed E-state index contributed by atoms with van der Waals surface area (Å²) in [5, 5.41) is 10.7. The topological polar surface area (TPSA) is 135 Å². The summed E-state index contributed by atoms with van der Waals surface area (Å²) in [6, 6.07) is 14.0. The van der Waals surface area contributed by atoms with E-state index in [4.69, 9.17) is 0 Å². The quantitative estimate of drug-likeness (QED) is 0.418. The smallest absolute Gasteiger partial charge is 0.269 e. The molecule has 0 fully saturated rings. The maximum absolute atomic E-state index is 13.0. The number of anilines is 2. The second-order valence-corrected chi connectivity index (χ2v) is 9.36. The lowest BCUT2D eigenvalue weighted by molar-refractivity contribution is -0.384. The first-order valence-corrected chi connectivity index (χ1v) is 11.2. The van der Waals surface area contributed by atoms with Crippen molar-refractivity contribution in [3.8, 4) is 0 Å². The molecule has 0 atom stereocenters. The molecule has 0 heterocycles. The summed E-state index contributed by atoms with van der Waals surface area (Å²) in [6.07, 6.45) is 0. The number of halogens is 1. The van der Waals surface area contributed by atoms with E-state index < -0.39 is 30.8 Å². The van der Waals surface area contributed by atoms with Gasteiger partial charge in [-0.2, -0.15) is 0 Å². The molecule has 0 saturated heterocycles. The molecule has 0 aliphatic rings. The molecule has 0 aromatic heterocycles. The molecule has 9 nitrogen and oxygen atoms in total. The van der Waals surface area contributed by atoms with Crippen molar-refractivity contribution < 1.29 is 26.1 Å². The maximum atomic E-state index is 13.0. The average Bonchev–Trinajstić information content (AvgIpc) is 2.69. The van der Waals surface area contributed by atoms with E-state index in [1.165, 1.54) is 24.3 Å². The molecule has 3 rings (SSSR count). The largest absolute Gasteiger partial charge is 0.280 e. The van der Waals surface area contributed by atoms with E-state index in [1.54, 1.807) is 0 Å². The van der Waals surface area contributed by atoms with E-state index in [-0.39, 0.29) is 26.9 Å². The molecule has 0 saturated carbocycles. The first kappa shape index (κ1) is 21.2. The molecule has 0 radical (unpaired) electrons. The van der Waals surface area contributed by atoms with Crippen molar-refractivity contribution in [1.29, 1.82) is 0 Å². The molecule has 2 N–H and O–H groups in total. The van der Waals surface area contributed by atoms with Gasteiger partial charge in [0.25, 0.3) is 25.7 Å². The van der Waals surface area contributed by atoms with Gasteiger partial charge < -0.3 is 0 Å². The lowest BCUT2D eigenvalue weighted by atomic mass is 10.3. The number of non-ortho nitro benzene ring substituents is 1. The molecule has 0 amide bonds. The van der Waals surface area contributed by atoms with Crippen LogP contribution in [-0.4, -0.2) is 21.8 Å². The third-order valence-electron chi connectivity index (χ3n) is 3.87. The normalized spacial score (nSPS) is 11.6. The lowest BCUT2D eigenvalue weighted by Crippen LogP contribution is -2.14. The Morgan fingerprint density at radius 2 is 1.03 bits per heavy atom. The SMILES string of the molecule is O=[N+]([O-])c1ccc(S(=O)(=O)Nc2ccc(NS(=O)(=O)c3ccc(F)cc3)cc2)cc1. The minimum Gasteiger partial charge on any atom is -0.280 e. The summed E-state index contributed by atoms with van der Waals surface area (Å²) < 4.78 is 66.9. The summed E-state index contributed by atoms with van der Waals surface area (Å²) >= 11 is 0. The number of nitro benzene ring substituents is 1. The van der Waals surface area contributed by atoms with Gasteiger partial charge in [-0.05, 0) is 60.7 Å². The lowest BCUT2D eigenvalue weighted by Gasteiger charge is -2.11. The molecule has 3 aromatic rings. The van der Waals surface area contributed by atoms with E-state index in [1.807, 2.05) is 0 Å². The van der Waals surface area contributed by atoms with Crippen LogP contribution in [0, 0.1) is 15.9 Å². The van der Waals surface area contributed by atoms with Gasteiger partial charge in [-0.3, -0.25) is 19.6 Å². The zero-order valence-corrected chi connectivity index (χ0v) is 16.7. The highest BCUT2D eigenvalue weighted by Crippen LogP contribution is 2.22. The Bertz CT molecular complexity index is 1280. The van der Waals surface area contributed by atoms with E-state index in [2.05, 4.69) is 9.44 Å². The van der Waals surface area contributed by atoms with Gasteiger partial charge in [-0.15, -0.1) is 0 Å². The van der Waals surface area contributed by atoms with Crippen LogP contribution < -0.4 is 9.44 Å². The third-order valence-corrected chi connectivity index (χ3v) is 6.67. The standard InChI is InChI=1S/C18H14FN3O6S2/c19-13-1-9-17(10-2-13)29(25,26)20-14-3-5-15(6-4-14)21-30(27,28)18-11-7-16(8-12-18)22(23)24/h1-12,20-21H. The van der Waals surface area contributed by atoms with E-state index in [0.717, 1.165) is 48.5 Å². The molecule has 30 heavy (non-hydrogen) atoms. The molecular weight excluding hydrogens is 437 g/mol. The molecule has 0 unspecified atom stereocenters. The summed E-state index contributed by atoms with van der Waals surface area (Å²) in [5.41, 5.74) is 0.0717. The van der Waals surface area contributed by atoms with Crippen LogP contribution in [0.3, 0.4) is 0 Å².